The van der Waals surface area contributed by atoms with E-state index in [2.05, 4.69) is 0 Å². The van der Waals surface area contributed by atoms with Gasteiger partial charge in [0.1, 0.15) is 48.8 Å². The molecule has 0 aromatic carbocycles. The molecule has 11 N–H and O–H groups in total. The summed E-state index contributed by atoms with van der Waals surface area (Å²) in [5.41, 5.74) is 0. The lowest BCUT2D eigenvalue weighted by molar-refractivity contribution is -0.355. The minimum absolute atomic E-state index is 0. The lowest BCUT2D eigenvalue weighted by atomic mass is 9.97. The maximum Gasteiger partial charge on any atom is 0.187 e. The molecule has 144 valence electrons. The molecule has 0 saturated carbocycles. The van der Waals surface area contributed by atoms with Gasteiger partial charge in [-0.25, -0.2) is 0 Å². The van der Waals surface area contributed by atoms with Crippen LogP contribution in [0.15, 0.2) is 0 Å². The zero-order valence-corrected chi connectivity index (χ0v) is 12.7. The van der Waals surface area contributed by atoms with Crippen molar-refractivity contribution in [1.29, 1.82) is 0 Å². The van der Waals surface area contributed by atoms with Gasteiger partial charge in [0.25, 0.3) is 0 Å². The summed E-state index contributed by atoms with van der Waals surface area (Å²) in [6, 6.07) is 0. The molecule has 0 aromatic heterocycles. The van der Waals surface area contributed by atoms with Crippen LogP contribution >= 0.6 is 0 Å². The van der Waals surface area contributed by atoms with Crippen molar-refractivity contribution in [2.45, 2.75) is 61.4 Å². The van der Waals surface area contributed by atoms with Gasteiger partial charge < -0.3 is 61.2 Å². The van der Waals surface area contributed by atoms with Crippen molar-refractivity contribution < 1.29 is 55.1 Å². The van der Waals surface area contributed by atoms with Gasteiger partial charge in [-0.3, -0.25) is 0 Å². The summed E-state index contributed by atoms with van der Waals surface area (Å²) in [5, 5.41) is 76.5. The Balaban J connectivity index is 0.00000288. The van der Waals surface area contributed by atoms with Gasteiger partial charge in [0.15, 0.2) is 12.6 Å². The van der Waals surface area contributed by atoms with E-state index in [1.165, 1.54) is 0 Å². The van der Waals surface area contributed by atoms with Gasteiger partial charge in [-0.1, -0.05) is 0 Å². The predicted octanol–water partition coefficient (Wildman–Crippen LogP) is -5.24. The Bertz CT molecular complexity index is 384. The molecule has 2 unspecified atom stereocenters. The van der Waals surface area contributed by atoms with Crippen molar-refractivity contribution >= 4 is 0 Å². The number of ether oxygens (including phenoxy) is 3. The third-order valence-electron chi connectivity index (χ3n) is 3.98. The van der Waals surface area contributed by atoms with Crippen molar-refractivity contribution in [3.63, 3.8) is 0 Å². The van der Waals surface area contributed by atoms with Crippen LogP contribution < -0.4 is 6.15 Å². The highest BCUT2D eigenvalue weighted by atomic mass is 16.7. The number of hydrogen-bond donors (Lipinski definition) is 9. The first-order valence-corrected chi connectivity index (χ1v) is 7.08. The van der Waals surface area contributed by atoms with Crippen molar-refractivity contribution in [3.05, 3.63) is 0 Å². The molecule has 0 aliphatic carbocycles. The average molecular weight is 359 g/mol. The first-order chi connectivity index (χ1) is 10.8. The van der Waals surface area contributed by atoms with Crippen molar-refractivity contribution in [1.82, 2.24) is 6.15 Å². The molecular formula is C12H25NO11. The van der Waals surface area contributed by atoms with Crippen molar-refractivity contribution in [2.75, 3.05) is 13.2 Å². The Kier molecular flexibility index (Phi) is 7.86. The molecule has 0 aromatic rings. The lowest BCUT2D eigenvalue weighted by Crippen LogP contribution is -2.64. The monoisotopic (exact) mass is 359 g/mol. The second-order valence-corrected chi connectivity index (χ2v) is 5.53. The van der Waals surface area contributed by atoms with E-state index in [9.17, 15) is 35.7 Å². The third kappa shape index (κ3) is 4.01. The molecule has 0 amide bonds. The van der Waals surface area contributed by atoms with Gasteiger partial charge in [-0.2, -0.15) is 0 Å². The largest absolute Gasteiger partial charge is 0.394 e. The summed E-state index contributed by atoms with van der Waals surface area (Å²) in [6.07, 6.45) is -15.6. The van der Waals surface area contributed by atoms with Gasteiger partial charge in [0.05, 0.1) is 13.2 Å². The van der Waals surface area contributed by atoms with E-state index in [0.717, 1.165) is 0 Å². The second kappa shape index (κ2) is 8.75. The topological polar surface area (TPSA) is 225 Å². The SMILES string of the molecule is N.OCC1O[C@H](O)[C@@H](O)[C@H](O)[C@@H]1O[C@H]1OC(CO)[C@H](O)[C@@H](O)[C@@H]1O. The summed E-state index contributed by atoms with van der Waals surface area (Å²) >= 11 is 0. The highest BCUT2D eigenvalue weighted by Gasteiger charge is 2.50. The van der Waals surface area contributed by atoms with E-state index in [1.807, 2.05) is 0 Å². The minimum Gasteiger partial charge on any atom is -0.394 e. The molecule has 2 saturated heterocycles. The summed E-state index contributed by atoms with van der Waals surface area (Å²) in [5.74, 6) is 0. The lowest BCUT2D eigenvalue weighted by Gasteiger charge is -2.45. The molecule has 0 radical (unpaired) electrons. The highest BCUT2D eigenvalue weighted by Crippen LogP contribution is 2.28. The molecule has 2 rings (SSSR count). The van der Waals surface area contributed by atoms with Gasteiger partial charge in [-0.05, 0) is 0 Å². The molecule has 2 heterocycles. The van der Waals surface area contributed by atoms with Crippen LogP contribution in [0.3, 0.4) is 0 Å². The number of aliphatic hydroxyl groups is 8. The second-order valence-electron chi connectivity index (χ2n) is 5.53. The molecule has 10 atom stereocenters. The quantitative estimate of drug-likeness (QED) is 0.229. The molecule has 0 bridgehead atoms. The van der Waals surface area contributed by atoms with Crippen LogP contribution in [0.2, 0.25) is 0 Å². The molecule has 12 nitrogen and oxygen atoms in total. The molecular weight excluding hydrogens is 334 g/mol. The van der Waals surface area contributed by atoms with Crippen molar-refractivity contribution in [2.24, 2.45) is 0 Å². The van der Waals surface area contributed by atoms with Crippen LogP contribution in [0.5, 0.6) is 0 Å². The van der Waals surface area contributed by atoms with E-state index < -0.39 is 74.6 Å². The number of aliphatic hydroxyl groups excluding tert-OH is 8. The highest BCUT2D eigenvalue weighted by molar-refractivity contribution is 4.93. The maximum absolute atomic E-state index is 9.94. The molecule has 2 fully saturated rings. The Hall–Kier alpha value is -0.480. The smallest absolute Gasteiger partial charge is 0.187 e. The Morgan fingerprint density at radius 1 is 0.667 bits per heavy atom. The summed E-state index contributed by atoms with van der Waals surface area (Å²) in [4.78, 5) is 0. The van der Waals surface area contributed by atoms with Crippen molar-refractivity contribution in [3.8, 4) is 0 Å². The number of rotatable bonds is 4. The van der Waals surface area contributed by atoms with Crippen LogP contribution in [0.4, 0.5) is 0 Å². The van der Waals surface area contributed by atoms with E-state index in [4.69, 9.17) is 19.3 Å². The predicted molar refractivity (Wildman–Crippen MR) is 73.6 cm³/mol. The number of hydrogen-bond acceptors (Lipinski definition) is 12. The molecule has 2 aliphatic heterocycles. The first-order valence-electron chi connectivity index (χ1n) is 7.08. The third-order valence-corrected chi connectivity index (χ3v) is 3.98. The summed E-state index contributed by atoms with van der Waals surface area (Å²) in [7, 11) is 0. The average Bonchev–Trinajstić information content (AvgIpc) is 2.55. The fourth-order valence-corrected chi connectivity index (χ4v) is 2.57. The van der Waals surface area contributed by atoms with Crippen LogP contribution in [0, 0.1) is 0 Å². The fourth-order valence-electron chi connectivity index (χ4n) is 2.57. The van der Waals surface area contributed by atoms with Gasteiger partial charge in [0.2, 0.25) is 0 Å². The van der Waals surface area contributed by atoms with Crippen LogP contribution in [-0.4, -0.2) is 115 Å². The fraction of sp³-hybridized carbons (Fsp3) is 1.00. The van der Waals surface area contributed by atoms with E-state index in [-0.39, 0.29) is 6.15 Å². The Morgan fingerprint density at radius 3 is 1.79 bits per heavy atom. The first kappa shape index (κ1) is 21.6. The van der Waals surface area contributed by atoms with Gasteiger partial charge in [0, 0.05) is 0 Å². The molecule has 12 heteroatoms. The van der Waals surface area contributed by atoms with E-state index in [0.29, 0.717) is 0 Å². The summed E-state index contributed by atoms with van der Waals surface area (Å²) < 4.78 is 15.3. The summed E-state index contributed by atoms with van der Waals surface area (Å²) in [6.45, 7) is -1.35. The molecule has 0 spiro atoms. The zero-order chi connectivity index (χ0) is 17.3. The zero-order valence-electron chi connectivity index (χ0n) is 12.7. The molecule has 24 heavy (non-hydrogen) atoms. The van der Waals surface area contributed by atoms with Crippen LogP contribution in [-0.2, 0) is 14.2 Å². The molecule has 2 aliphatic rings. The van der Waals surface area contributed by atoms with Crippen LogP contribution in [0.25, 0.3) is 0 Å². The normalized spacial score (nSPS) is 49.5. The van der Waals surface area contributed by atoms with Crippen LogP contribution in [0.1, 0.15) is 0 Å². The van der Waals surface area contributed by atoms with E-state index in [1.54, 1.807) is 0 Å². The maximum atomic E-state index is 9.94. The minimum atomic E-state index is -1.74. The van der Waals surface area contributed by atoms with Gasteiger partial charge >= 0.3 is 0 Å². The van der Waals surface area contributed by atoms with Gasteiger partial charge in [-0.15, -0.1) is 0 Å². The Labute approximate surface area is 137 Å². The van der Waals surface area contributed by atoms with E-state index >= 15 is 0 Å². The standard InChI is InChI=1S/C12H22O11.H3N/c13-1-3-5(15)6(16)9(19)12(22-3)23-10-4(2-14)21-11(20)8(18)7(10)17;/h3-20H,1-2H2;1H3/t3?,4?,5-,6+,7-,8-,9-,10+,11-,12+;/m0./s1. The Morgan fingerprint density at radius 2 is 1.25 bits per heavy atom.